The standard InChI is InChI=1S/C20H17FN2O7S/c1-27-17-7-15(16(23(25)26)8-18(17)28-2)20(24)30-9-13-11-31-19(22-13)10-29-14-5-3-12(21)4-6-14/h3-8,11H,9-10H2,1-2H3. The van der Waals surface area contributed by atoms with E-state index in [-0.39, 0.29) is 36.1 Å². The minimum atomic E-state index is -0.898. The fourth-order valence-corrected chi connectivity index (χ4v) is 3.25. The molecular formula is C20H17FN2O7S. The van der Waals surface area contributed by atoms with E-state index in [0.29, 0.717) is 16.5 Å². The number of methoxy groups -OCH3 is 2. The number of esters is 1. The Morgan fingerprint density at radius 3 is 2.45 bits per heavy atom. The molecule has 162 valence electrons. The Labute approximate surface area is 180 Å². The number of ether oxygens (including phenoxy) is 4. The summed E-state index contributed by atoms with van der Waals surface area (Å²) in [7, 11) is 2.68. The van der Waals surface area contributed by atoms with Crippen LogP contribution >= 0.6 is 11.3 Å². The number of nitro benzene ring substituents is 1. The van der Waals surface area contributed by atoms with Crippen LogP contribution in [0.3, 0.4) is 0 Å². The van der Waals surface area contributed by atoms with Crippen LogP contribution in [0.15, 0.2) is 41.8 Å². The number of nitrogens with zero attached hydrogens (tertiary/aromatic N) is 2. The molecule has 3 rings (SSSR count). The lowest BCUT2D eigenvalue weighted by molar-refractivity contribution is -0.385. The first-order valence-corrected chi connectivity index (χ1v) is 9.68. The highest BCUT2D eigenvalue weighted by Gasteiger charge is 2.26. The second-order valence-corrected chi connectivity index (χ2v) is 6.98. The van der Waals surface area contributed by atoms with E-state index in [9.17, 15) is 19.3 Å². The molecule has 0 fully saturated rings. The molecule has 0 amide bonds. The number of thiazole rings is 1. The number of aromatic nitrogens is 1. The molecule has 0 saturated heterocycles. The number of nitro groups is 1. The molecule has 9 nitrogen and oxygen atoms in total. The van der Waals surface area contributed by atoms with E-state index in [1.165, 1.54) is 55.9 Å². The van der Waals surface area contributed by atoms with Crippen molar-refractivity contribution in [2.24, 2.45) is 0 Å². The quantitative estimate of drug-likeness (QED) is 0.273. The molecule has 0 radical (unpaired) electrons. The highest BCUT2D eigenvalue weighted by molar-refractivity contribution is 7.09. The van der Waals surface area contributed by atoms with Gasteiger partial charge in [-0.2, -0.15) is 0 Å². The predicted molar refractivity (Wildman–Crippen MR) is 108 cm³/mol. The molecular weight excluding hydrogens is 431 g/mol. The number of carbonyl (C=O) groups excluding carboxylic acids is 1. The summed E-state index contributed by atoms with van der Waals surface area (Å²) >= 11 is 1.29. The van der Waals surface area contributed by atoms with Crippen LogP contribution < -0.4 is 14.2 Å². The van der Waals surface area contributed by atoms with E-state index in [1.807, 2.05) is 0 Å². The van der Waals surface area contributed by atoms with Gasteiger partial charge in [-0.25, -0.2) is 14.2 Å². The lowest BCUT2D eigenvalue weighted by Gasteiger charge is -2.10. The summed E-state index contributed by atoms with van der Waals surface area (Å²) in [4.78, 5) is 27.4. The molecule has 0 unspecified atom stereocenters. The third-order valence-electron chi connectivity index (χ3n) is 4.04. The summed E-state index contributed by atoms with van der Waals surface area (Å²) in [5, 5.41) is 13.6. The number of benzene rings is 2. The van der Waals surface area contributed by atoms with Crippen molar-refractivity contribution in [1.82, 2.24) is 4.98 Å². The molecule has 3 aromatic rings. The van der Waals surface area contributed by atoms with Gasteiger partial charge in [-0.05, 0) is 24.3 Å². The molecule has 0 saturated carbocycles. The molecule has 2 aromatic carbocycles. The summed E-state index contributed by atoms with van der Waals surface area (Å²) in [5.41, 5.74) is -0.272. The monoisotopic (exact) mass is 448 g/mol. The van der Waals surface area contributed by atoms with E-state index >= 15 is 0 Å². The van der Waals surface area contributed by atoms with Crippen molar-refractivity contribution in [3.05, 3.63) is 74.0 Å². The van der Waals surface area contributed by atoms with E-state index in [4.69, 9.17) is 18.9 Å². The SMILES string of the molecule is COc1cc(C(=O)OCc2csc(COc3ccc(F)cc3)n2)c([N+](=O)[O-])cc1OC. The largest absolute Gasteiger partial charge is 0.493 e. The van der Waals surface area contributed by atoms with Gasteiger partial charge in [0.15, 0.2) is 11.5 Å². The van der Waals surface area contributed by atoms with Crippen LogP contribution in [0.1, 0.15) is 21.1 Å². The first-order chi connectivity index (χ1) is 14.9. The van der Waals surface area contributed by atoms with Crippen molar-refractivity contribution in [3.63, 3.8) is 0 Å². The van der Waals surface area contributed by atoms with Gasteiger partial charge in [0.1, 0.15) is 35.4 Å². The molecule has 1 heterocycles. The van der Waals surface area contributed by atoms with Crippen molar-refractivity contribution in [2.45, 2.75) is 13.2 Å². The Bertz CT molecular complexity index is 1090. The zero-order valence-electron chi connectivity index (χ0n) is 16.5. The first kappa shape index (κ1) is 22.0. The van der Waals surface area contributed by atoms with Crippen molar-refractivity contribution in [1.29, 1.82) is 0 Å². The van der Waals surface area contributed by atoms with E-state index < -0.39 is 16.6 Å². The third-order valence-corrected chi connectivity index (χ3v) is 4.92. The molecule has 1 aromatic heterocycles. The zero-order chi connectivity index (χ0) is 22.4. The van der Waals surface area contributed by atoms with E-state index in [2.05, 4.69) is 4.98 Å². The molecule has 0 N–H and O–H groups in total. The van der Waals surface area contributed by atoms with Gasteiger partial charge in [-0.3, -0.25) is 10.1 Å². The number of hydrogen-bond donors (Lipinski definition) is 0. The predicted octanol–water partition coefficient (Wildman–Crippen LogP) is 4.14. The normalized spacial score (nSPS) is 10.4. The molecule has 0 aliphatic heterocycles. The van der Waals surface area contributed by atoms with Crippen LogP contribution in [-0.2, 0) is 18.0 Å². The molecule has 31 heavy (non-hydrogen) atoms. The fourth-order valence-electron chi connectivity index (χ4n) is 2.56. The smallest absolute Gasteiger partial charge is 0.345 e. The van der Waals surface area contributed by atoms with Gasteiger partial charge in [0, 0.05) is 11.4 Å². The topological polar surface area (TPSA) is 110 Å². The summed E-state index contributed by atoms with van der Waals surface area (Å²) in [6.07, 6.45) is 0. The molecule has 0 aliphatic carbocycles. The van der Waals surface area contributed by atoms with Crippen molar-refractivity contribution < 1.29 is 33.1 Å². The fraction of sp³-hybridized carbons (Fsp3) is 0.200. The van der Waals surface area contributed by atoms with Crippen molar-refractivity contribution >= 4 is 23.0 Å². The van der Waals surface area contributed by atoms with Crippen LogP contribution in [0.25, 0.3) is 0 Å². The summed E-state index contributed by atoms with van der Waals surface area (Å²) in [5.74, 6) is -0.486. The van der Waals surface area contributed by atoms with Crippen LogP contribution in [0.5, 0.6) is 17.2 Å². The Kier molecular flexibility index (Phi) is 6.98. The van der Waals surface area contributed by atoms with Crippen molar-refractivity contribution in [3.8, 4) is 17.2 Å². The van der Waals surface area contributed by atoms with Crippen LogP contribution in [0.2, 0.25) is 0 Å². The molecule has 0 aliphatic rings. The maximum absolute atomic E-state index is 12.9. The van der Waals surface area contributed by atoms with Gasteiger partial charge in [-0.1, -0.05) is 0 Å². The average Bonchev–Trinajstić information content (AvgIpc) is 3.23. The lowest BCUT2D eigenvalue weighted by Crippen LogP contribution is -2.09. The minimum Gasteiger partial charge on any atom is -0.493 e. The number of carbonyl (C=O) groups is 1. The van der Waals surface area contributed by atoms with Gasteiger partial charge in [0.2, 0.25) is 0 Å². The third kappa shape index (κ3) is 5.45. The zero-order valence-corrected chi connectivity index (χ0v) is 17.3. The minimum absolute atomic E-state index is 0.121. The van der Waals surface area contributed by atoms with Gasteiger partial charge in [0.05, 0.1) is 30.9 Å². The van der Waals surface area contributed by atoms with E-state index in [0.717, 1.165) is 6.07 Å². The van der Waals surface area contributed by atoms with Gasteiger partial charge in [-0.15, -0.1) is 11.3 Å². The van der Waals surface area contributed by atoms with Gasteiger partial charge in [0.25, 0.3) is 5.69 Å². The first-order valence-electron chi connectivity index (χ1n) is 8.80. The Morgan fingerprint density at radius 2 is 1.81 bits per heavy atom. The van der Waals surface area contributed by atoms with Crippen LogP contribution in [0, 0.1) is 15.9 Å². The second-order valence-electron chi connectivity index (χ2n) is 6.03. The molecule has 11 heteroatoms. The van der Waals surface area contributed by atoms with Crippen LogP contribution in [0.4, 0.5) is 10.1 Å². The van der Waals surface area contributed by atoms with E-state index in [1.54, 1.807) is 5.38 Å². The number of rotatable bonds is 9. The molecule has 0 atom stereocenters. The molecule has 0 bridgehead atoms. The Balaban J connectivity index is 1.64. The summed E-state index contributed by atoms with van der Waals surface area (Å²) in [6, 6.07) is 7.87. The van der Waals surface area contributed by atoms with Crippen molar-refractivity contribution in [2.75, 3.05) is 14.2 Å². The Hall–Kier alpha value is -3.73. The maximum atomic E-state index is 12.9. The van der Waals surface area contributed by atoms with Crippen LogP contribution in [-0.4, -0.2) is 30.1 Å². The van der Waals surface area contributed by atoms with Gasteiger partial charge < -0.3 is 18.9 Å². The summed E-state index contributed by atoms with van der Waals surface area (Å²) in [6.45, 7) is -0.0250. The molecule has 0 spiro atoms. The summed E-state index contributed by atoms with van der Waals surface area (Å²) < 4.78 is 33.8. The number of hydrogen-bond acceptors (Lipinski definition) is 9. The highest BCUT2D eigenvalue weighted by atomic mass is 32.1. The second kappa shape index (κ2) is 9.85. The maximum Gasteiger partial charge on any atom is 0.345 e. The lowest BCUT2D eigenvalue weighted by atomic mass is 10.1. The average molecular weight is 448 g/mol. The number of halogens is 1. The van der Waals surface area contributed by atoms with Gasteiger partial charge >= 0.3 is 5.97 Å². The Morgan fingerprint density at radius 1 is 1.13 bits per heavy atom. The highest BCUT2D eigenvalue weighted by Crippen LogP contribution is 2.35.